The van der Waals surface area contributed by atoms with Gasteiger partial charge in [-0.25, -0.2) is 13.1 Å². The SMILES string of the molecule is Cc1cc(S(=O)(=O)NC2CCCCC2)ccc1OCC(=O)N[C@@H](C)c1cccc(Br)c1. The van der Waals surface area contributed by atoms with Crippen molar-refractivity contribution >= 4 is 31.9 Å². The number of rotatable bonds is 8. The number of nitrogens with one attached hydrogen (secondary N) is 2. The molecule has 0 bridgehead atoms. The van der Waals surface area contributed by atoms with Gasteiger partial charge in [0.15, 0.2) is 6.61 Å². The zero-order chi connectivity index (χ0) is 22.4. The van der Waals surface area contributed by atoms with Crippen LogP contribution < -0.4 is 14.8 Å². The van der Waals surface area contributed by atoms with Gasteiger partial charge < -0.3 is 10.1 Å². The van der Waals surface area contributed by atoms with E-state index in [4.69, 9.17) is 4.74 Å². The number of halogens is 1. The van der Waals surface area contributed by atoms with E-state index in [1.54, 1.807) is 19.1 Å². The summed E-state index contributed by atoms with van der Waals surface area (Å²) in [5.41, 5.74) is 1.65. The summed E-state index contributed by atoms with van der Waals surface area (Å²) >= 11 is 3.43. The van der Waals surface area contributed by atoms with Gasteiger partial charge in [0, 0.05) is 10.5 Å². The lowest BCUT2D eigenvalue weighted by Gasteiger charge is -2.22. The first-order valence-electron chi connectivity index (χ1n) is 10.6. The van der Waals surface area contributed by atoms with Gasteiger partial charge in [-0.15, -0.1) is 0 Å². The summed E-state index contributed by atoms with van der Waals surface area (Å²) < 4.78 is 34.8. The number of amides is 1. The Balaban J connectivity index is 1.56. The van der Waals surface area contributed by atoms with Gasteiger partial charge in [0.2, 0.25) is 10.0 Å². The number of hydrogen-bond acceptors (Lipinski definition) is 4. The van der Waals surface area contributed by atoms with Crippen LogP contribution in [0.1, 0.15) is 56.2 Å². The summed E-state index contributed by atoms with van der Waals surface area (Å²) in [4.78, 5) is 12.5. The van der Waals surface area contributed by atoms with Gasteiger partial charge in [-0.2, -0.15) is 0 Å². The molecule has 0 unspecified atom stereocenters. The molecule has 1 aliphatic rings. The molecule has 31 heavy (non-hydrogen) atoms. The highest BCUT2D eigenvalue weighted by Crippen LogP contribution is 2.24. The van der Waals surface area contributed by atoms with Crippen LogP contribution in [0.25, 0.3) is 0 Å². The maximum Gasteiger partial charge on any atom is 0.258 e. The van der Waals surface area contributed by atoms with Crippen LogP contribution in [0, 0.1) is 6.92 Å². The number of benzene rings is 2. The second-order valence-corrected chi connectivity index (χ2v) is 10.6. The van der Waals surface area contributed by atoms with Crippen molar-refractivity contribution in [3.8, 4) is 5.75 Å². The molecule has 0 spiro atoms. The van der Waals surface area contributed by atoms with Crippen molar-refractivity contribution in [1.29, 1.82) is 0 Å². The molecule has 1 atom stereocenters. The van der Waals surface area contributed by atoms with E-state index in [1.165, 1.54) is 12.5 Å². The second-order valence-electron chi connectivity index (χ2n) is 8.02. The Morgan fingerprint density at radius 3 is 2.58 bits per heavy atom. The number of carbonyl (C=O) groups excluding carboxylic acids is 1. The Kier molecular flexibility index (Phi) is 8.13. The fraction of sp³-hybridized carbons (Fsp3) is 0.435. The zero-order valence-electron chi connectivity index (χ0n) is 17.9. The molecule has 2 N–H and O–H groups in total. The van der Waals surface area contributed by atoms with E-state index in [1.807, 2.05) is 31.2 Å². The third-order valence-corrected chi connectivity index (χ3v) is 7.48. The van der Waals surface area contributed by atoms with Crippen LogP contribution >= 0.6 is 15.9 Å². The van der Waals surface area contributed by atoms with Gasteiger partial charge in [-0.05, 0) is 68.1 Å². The highest BCUT2D eigenvalue weighted by atomic mass is 79.9. The smallest absolute Gasteiger partial charge is 0.258 e. The summed E-state index contributed by atoms with van der Waals surface area (Å²) in [5.74, 6) is 0.240. The Morgan fingerprint density at radius 1 is 1.16 bits per heavy atom. The second kappa shape index (κ2) is 10.6. The van der Waals surface area contributed by atoms with E-state index in [9.17, 15) is 13.2 Å². The molecule has 0 aliphatic heterocycles. The van der Waals surface area contributed by atoms with Gasteiger partial charge in [0.1, 0.15) is 5.75 Å². The van der Waals surface area contributed by atoms with E-state index >= 15 is 0 Å². The fourth-order valence-corrected chi connectivity index (χ4v) is 5.55. The van der Waals surface area contributed by atoms with Crippen LogP contribution in [-0.4, -0.2) is 27.0 Å². The standard InChI is InChI=1S/C23H29BrN2O4S/c1-16-13-21(31(28,29)26-20-9-4-3-5-10-20)11-12-22(16)30-15-23(27)25-17(2)18-7-6-8-19(24)14-18/h6-8,11-14,17,20,26H,3-5,9-10,15H2,1-2H3,(H,25,27)/t17-/m0/s1. The lowest BCUT2D eigenvalue weighted by molar-refractivity contribution is -0.123. The molecule has 0 heterocycles. The first kappa shape index (κ1) is 23.8. The summed E-state index contributed by atoms with van der Waals surface area (Å²) in [6.45, 7) is 3.53. The fourth-order valence-electron chi connectivity index (χ4n) is 3.74. The van der Waals surface area contributed by atoms with Crippen LogP contribution in [0.4, 0.5) is 0 Å². The lowest BCUT2D eigenvalue weighted by Crippen LogP contribution is -2.36. The maximum atomic E-state index is 12.7. The van der Waals surface area contributed by atoms with Crippen molar-refractivity contribution in [3.05, 3.63) is 58.1 Å². The molecule has 6 nitrogen and oxygen atoms in total. The molecule has 168 valence electrons. The number of carbonyl (C=O) groups is 1. The predicted molar refractivity (Wildman–Crippen MR) is 125 cm³/mol. The van der Waals surface area contributed by atoms with Crippen molar-refractivity contribution in [2.24, 2.45) is 0 Å². The average molecular weight is 509 g/mol. The molecule has 8 heteroatoms. The highest BCUT2D eigenvalue weighted by Gasteiger charge is 2.22. The first-order valence-corrected chi connectivity index (χ1v) is 12.8. The number of ether oxygens (including phenoxy) is 1. The van der Waals surface area contributed by atoms with E-state index in [0.29, 0.717) is 11.3 Å². The topological polar surface area (TPSA) is 84.5 Å². The molecule has 3 rings (SSSR count). The van der Waals surface area contributed by atoms with Gasteiger partial charge in [0.05, 0.1) is 10.9 Å². The number of hydrogen-bond donors (Lipinski definition) is 2. The molecule has 1 amide bonds. The predicted octanol–water partition coefficient (Wildman–Crippen LogP) is 4.62. The quantitative estimate of drug-likeness (QED) is 0.544. The van der Waals surface area contributed by atoms with E-state index in [-0.39, 0.29) is 29.5 Å². The molecule has 1 aliphatic carbocycles. The summed E-state index contributed by atoms with van der Waals surface area (Å²) in [6.07, 6.45) is 5.04. The Hall–Kier alpha value is -1.90. The normalized spacial score (nSPS) is 16.0. The molecule has 0 radical (unpaired) electrons. The summed E-state index contributed by atoms with van der Waals surface area (Å²) in [6, 6.07) is 12.3. The van der Waals surface area contributed by atoms with Crippen LogP contribution in [0.5, 0.6) is 5.75 Å². The third-order valence-electron chi connectivity index (χ3n) is 5.47. The third kappa shape index (κ3) is 6.79. The molecule has 2 aromatic rings. The van der Waals surface area contributed by atoms with Crippen molar-refractivity contribution in [1.82, 2.24) is 10.0 Å². The lowest BCUT2D eigenvalue weighted by atomic mass is 9.96. The van der Waals surface area contributed by atoms with Gasteiger partial charge in [0.25, 0.3) is 5.91 Å². The van der Waals surface area contributed by atoms with Gasteiger partial charge >= 0.3 is 0 Å². The maximum absolute atomic E-state index is 12.7. The van der Waals surface area contributed by atoms with Crippen molar-refractivity contribution < 1.29 is 17.9 Å². The minimum atomic E-state index is -3.57. The van der Waals surface area contributed by atoms with E-state index in [0.717, 1.165) is 35.7 Å². The van der Waals surface area contributed by atoms with Crippen LogP contribution in [0.2, 0.25) is 0 Å². The number of sulfonamides is 1. The molecular weight excluding hydrogens is 480 g/mol. The largest absolute Gasteiger partial charge is 0.484 e. The van der Waals surface area contributed by atoms with Gasteiger partial charge in [-0.1, -0.05) is 47.3 Å². The molecule has 1 fully saturated rings. The van der Waals surface area contributed by atoms with E-state index < -0.39 is 10.0 Å². The monoisotopic (exact) mass is 508 g/mol. The van der Waals surface area contributed by atoms with Crippen LogP contribution in [-0.2, 0) is 14.8 Å². The van der Waals surface area contributed by atoms with Crippen molar-refractivity contribution in [2.75, 3.05) is 6.61 Å². The minimum Gasteiger partial charge on any atom is -0.484 e. The van der Waals surface area contributed by atoms with Crippen LogP contribution in [0.15, 0.2) is 51.8 Å². The molecular formula is C23H29BrN2O4S. The van der Waals surface area contributed by atoms with Gasteiger partial charge in [-0.3, -0.25) is 4.79 Å². The number of aryl methyl sites for hydroxylation is 1. The van der Waals surface area contributed by atoms with E-state index in [2.05, 4.69) is 26.0 Å². The molecule has 0 aromatic heterocycles. The Morgan fingerprint density at radius 2 is 1.90 bits per heavy atom. The summed E-state index contributed by atoms with van der Waals surface area (Å²) in [7, 11) is -3.57. The molecule has 1 saturated carbocycles. The van der Waals surface area contributed by atoms with Crippen LogP contribution in [0.3, 0.4) is 0 Å². The Bertz CT molecular complexity index is 1020. The zero-order valence-corrected chi connectivity index (χ0v) is 20.3. The molecule has 2 aromatic carbocycles. The van der Waals surface area contributed by atoms with Crippen molar-refractivity contribution in [2.45, 2.75) is 62.9 Å². The highest BCUT2D eigenvalue weighted by molar-refractivity contribution is 9.10. The minimum absolute atomic E-state index is 0.00547. The van der Waals surface area contributed by atoms with Crippen molar-refractivity contribution in [3.63, 3.8) is 0 Å². The summed E-state index contributed by atoms with van der Waals surface area (Å²) in [5, 5.41) is 2.90. The first-order chi connectivity index (χ1) is 14.7. The molecule has 0 saturated heterocycles. The Labute approximate surface area is 193 Å². The average Bonchev–Trinajstić information content (AvgIpc) is 2.73.